The molecule has 4 heteroatoms. The van der Waals surface area contributed by atoms with E-state index in [1.54, 1.807) is 0 Å². The highest BCUT2D eigenvalue weighted by atomic mass is 16.5. The maximum atomic E-state index is 11.7. The zero-order chi connectivity index (χ0) is 9.47. The first-order valence-electron chi connectivity index (χ1n) is 4.72. The van der Waals surface area contributed by atoms with Crippen molar-refractivity contribution in [2.24, 2.45) is 0 Å². The Morgan fingerprint density at radius 3 is 2.92 bits per heavy atom. The van der Waals surface area contributed by atoms with Crippen molar-refractivity contribution < 1.29 is 9.53 Å². The minimum absolute atomic E-state index is 0.0966. The fourth-order valence-electron chi connectivity index (χ4n) is 2.42. The Morgan fingerprint density at radius 1 is 1.69 bits per heavy atom. The smallest absolute Gasteiger partial charge is 0.327 e. The topological polar surface area (TPSA) is 41.6 Å². The molecule has 0 spiro atoms. The first-order valence-corrected chi connectivity index (χ1v) is 4.72. The summed E-state index contributed by atoms with van der Waals surface area (Å²) in [6.45, 7) is 1.69. The molecule has 3 fully saturated rings. The van der Waals surface area contributed by atoms with Crippen molar-refractivity contribution in [3.63, 3.8) is 0 Å². The van der Waals surface area contributed by atoms with Crippen LogP contribution in [0.1, 0.15) is 12.8 Å². The number of carbonyl (C=O) groups excluding carboxylic acids is 1. The molecule has 3 saturated heterocycles. The summed E-state index contributed by atoms with van der Waals surface area (Å²) < 4.78 is 4.86. The predicted octanol–water partition coefficient (Wildman–Crippen LogP) is -0.404. The number of hydrogen-bond acceptors (Lipinski definition) is 4. The van der Waals surface area contributed by atoms with E-state index in [1.807, 2.05) is 7.05 Å². The van der Waals surface area contributed by atoms with Gasteiger partial charge in [0.15, 0.2) is 0 Å². The predicted molar refractivity (Wildman–Crippen MR) is 48.4 cm³/mol. The molecule has 1 N–H and O–H groups in total. The molecule has 2 atom stereocenters. The zero-order valence-corrected chi connectivity index (χ0v) is 8.17. The van der Waals surface area contributed by atoms with Crippen LogP contribution in [0.5, 0.6) is 0 Å². The number of piperazine rings is 1. The van der Waals surface area contributed by atoms with Gasteiger partial charge in [0.2, 0.25) is 0 Å². The molecule has 3 heterocycles. The van der Waals surface area contributed by atoms with Gasteiger partial charge in [-0.05, 0) is 19.9 Å². The second-order valence-corrected chi connectivity index (χ2v) is 4.02. The van der Waals surface area contributed by atoms with E-state index >= 15 is 0 Å². The van der Waals surface area contributed by atoms with E-state index in [4.69, 9.17) is 4.74 Å². The van der Waals surface area contributed by atoms with Crippen LogP contribution in [0.25, 0.3) is 0 Å². The molecule has 0 radical (unpaired) electrons. The third kappa shape index (κ3) is 1.16. The number of rotatable bonds is 1. The molecular weight excluding hydrogens is 168 g/mol. The van der Waals surface area contributed by atoms with Gasteiger partial charge in [0.25, 0.3) is 0 Å². The Balaban J connectivity index is 2.22. The van der Waals surface area contributed by atoms with Crippen LogP contribution < -0.4 is 5.32 Å². The van der Waals surface area contributed by atoms with Gasteiger partial charge in [-0.1, -0.05) is 0 Å². The molecule has 2 bridgehead atoms. The number of esters is 1. The number of fused-ring (bicyclic) bond motifs is 3. The van der Waals surface area contributed by atoms with Gasteiger partial charge in [-0.3, -0.25) is 4.90 Å². The second kappa shape index (κ2) is 2.96. The normalized spacial score (nSPS) is 39.1. The second-order valence-electron chi connectivity index (χ2n) is 4.02. The van der Waals surface area contributed by atoms with Gasteiger partial charge in [-0.2, -0.15) is 0 Å². The molecule has 0 saturated carbocycles. The summed E-state index contributed by atoms with van der Waals surface area (Å²) in [6, 6.07) is 0.566. The minimum Gasteiger partial charge on any atom is -0.468 e. The lowest BCUT2D eigenvalue weighted by Crippen LogP contribution is -2.71. The average molecular weight is 184 g/mol. The number of piperidine rings is 2. The lowest BCUT2D eigenvalue weighted by molar-refractivity contribution is -0.160. The highest BCUT2D eigenvalue weighted by molar-refractivity contribution is 5.81. The zero-order valence-electron chi connectivity index (χ0n) is 8.17. The average Bonchev–Trinajstić information content (AvgIpc) is 2.18. The van der Waals surface area contributed by atoms with E-state index in [0.717, 1.165) is 25.9 Å². The Bertz CT molecular complexity index is 222. The highest BCUT2D eigenvalue weighted by Gasteiger charge is 2.50. The maximum Gasteiger partial charge on any atom is 0.327 e. The van der Waals surface area contributed by atoms with Gasteiger partial charge in [0.1, 0.15) is 5.54 Å². The van der Waals surface area contributed by atoms with E-state index in [1.165, 1.54) is 7.11 Å². The fourth-order valence-corrected chi connectivity index (χ4v) is 2.42. The molecular formula is C9H16N2O2. The van der Waals surface area contributed by atoms with Crippen molar-refractivity contribution in [2.75, 3.05) is 27.2 Å². The third-order valence-electron chi connectivity index (χ3n) is 3.38. The minimum atomic E-state index is -0.385. The van der Waals surface area contributed by atoms with Gasteiger partial charge >= 0.3 is 5.97 Å². The maximum absolute atomic E-state index is 11.7. The van der Waals surface area contributed by atoms with Crippen LogP contribution in [-0.2, 0) is 9.53 Å². The molecule has 2 unspecified atom stereocenters. The van der Waals surface area contributed by atoms with E-state index in [-0.39, 0.29) is 11.5 Å². The Labute approximate surface area is 78.2 Å². The number of likely N-dealkylation sites (N-methyl/N-ethyl adjacent to an activating group) is 1. The van der Waals surface area contributed by atoms with Gasteiger partial charge in [0.05, 0.1) is 7.11 Å². The number of ether oxygens (including phenoxy) is 1. The van der Waals surface area contributed by atoms with Crippen LogP contribution in [0.4, 0.5) is 0 Å². The quantitative estimate of drug-likeness (QED) is 0.563. The molecule has 3 aliphatic heterocycles. The summed E-state index contributed by atoms with van der Waals surface area (Å²) in [7, 11) is 3.47. The summed E-state index contributed by atoms with van der Waals surface area (Å²) in [5.74, 6) is -0.0966. The van der Waals surface area contributed by atoms with Crippen LogP contribution in [0, 0.1) is 0 Å². The molecule has 0 aromatic heterocycles. The summed E-state index contributed by atoms with van der Waals surface area (Å²) >= 11 is 0. The van der Waals surface area contributed by atoms with E-state index in [2.05, 4.69) is 10.2 Å². The van der Waals surface area contributed by atoms with Crippen LogP contribution in [0.15, 0.2) is 0 Å². The number of hydrogen-bond donors (Lipinski definition) is 1. The van der Waals surface area contributed by atoms with Crippen LogP contribution in [-0.4, -0.2) is 49.7 Å². The molecule has 0 aliphatic carbocycles. The Hall–Kier alpha value is -0.610. The number of methoxy groups -OCH3 is 1. The molecule has 0 amide bonds. The third-order valence-corrected chi connectivity index (χ3v) is 3.38. The van der Waals surface area contributed by atoms with E-state index in [9.17, 15) is 4.79 Å². The first-order chi connectivity index (χ1) is 6.19. The van der Waals surface area contributed by atoms with Gasteiger partial charge in [-0.15, -0.1) is 0 Å². The van der Waals surface area contributed by atoms with Gasteiger partial charge in [-0.25, -0.2) is 4.79 Å². The van der Waals surface area contributed by atoms with Crippen molar-refractivity contribution >= 4 is 5.97 Å². The largest absolute Gasteiger partial charge is 0.468 e. The molecule has 74 valence electrons. The van der Waals surface area contributed by atoms with Crippen molar-refractivity contribution in [2.45, 2.75) is 24.4 Å². The number of carbonyl (C=O) groups is 1. The van der Waals surface area contributed by atoms with Crippen LogP contribution in [0.3, 0.4) is 0 Å². The molecule has 3 aliphatic rings. The van der Waals surface area contributed by atoms with Gasteiger partial charge < -0.3 is 10.1 Å². The Kier molecular flexibility index (Phi) is 2.04. The van der Waals surface area contributed by atoms with Crippen molar-refractivity contribution in [3.05, 3.63) is 0 Å². The number of nitrogens with zero attached hydrogens (tertiary/aromatic N) is 1. The van der Waals surface area contributed by atoms with Crippen molar-refractivity contribution in [1.82, 2.24) is 10.2 Å². The lowest BCUT2D eigenvalue weighted by Gasteiger charge is -2.51. The van der Waals surface area contributed by atoms with Crippen LogP contribution >= 0.6 is 0 Å². The van der Waals surface area contributed by atoms with E-state index < -0.39 is 0 Å². The molecule has 0 aromatic rings. The van der Waals surface area contributed by atoms with Gasteiger partial charge in [0, 0.05) is 19.1 Å². The summed E-state index contributed by atoms with van der Waals surface area (Å²) in [6.07, 6.45) is 2.01. The monoisotopic (exact) mass is 184 g/mol. The lowest BCUT2D eigenvalue weighted by atomic mass is 9.81. The van der Waals surface area contributed by atoms with Crippen LogP contribution in [0.2, 0.25) is 0 Å². The summed E-state index contributed by atoms with van der Waals surface area (Å²) in [5.41, 5.74) is -0.385. The molecule has 13 heavy (non-hydrogen) atoms. The standard InChI is InChI=1S/C9H16N2O2/c1-11-5-7-3-4-9(11,6-10-7)8(12)13-2/h7,10H,3-6H2,1-2H3. The Morgan fingerprint density at radius 2 is 2.46 bits per heavy atom. The van der Waals surface area contributed by atoms with Crippen molar-refractivity contribution in [3.8, 4) is 0 Å². The van der Waals surface area contributed by atoms with Crippen molar-refractivity contribution in [1.29, 1.82) is 0 Å². The summed E-state index contributed by atoms with van der Waals surface area (Å²) in [5, 5.41) is 3.36. The fraction of sp³-hybridized carbons (Fsp3) is 0.889. The summed E-state index contributed by atoms with van der Waals surface area (Å²) in [4.78, 5) is 13.8. The molecule has 3 rings (SSSR count). The SMILES string of the molecule is COC(=O)C12CCC(CN1C)NC2. The molecule has 0 aromatic carbocycles. The molecule has 4 nitrogen and oxygen atoms in total. The van der Waals surface area contributed by atoms with E-state index in [0.29, 0.717) is 6.04 Å². The first kappa shape index (κ1) is 8.97. The highest BCUT2D eigenvalue weighted by Crippen LogP contribution is 2.32. The number of nitrogens with one attached hydrogen (secondary N) is 1.